The second kappa shape index (κ2) is 7.74. The first-order valence-electron chi connectivity index (χ1n) is 10.6. The lowest BCUT2D eigenvalue weighted by Gasteiger charge is -2.38. The Kier molecular flexibility index (Phi) is 4.90. The predicted molar refractivity (Wildman–Crippen MR) is 119 cm³/mol. The Labute approximate surface area is 181 Å². The molecule has 0 unspecified atom stereocenters. The minimum Gasteiger partial charge on any atom is -0.454 e. The lowest BCUT2D eigenvalue weighted by molar-refractivity contribution is 0.173. The summed E-state index contributed by atoms with van der Waals surface area (Å²) in [5, 5.41) is 0. The molecule has 0 atom stereocenters. The number of fused-ring (bicyclic) bond motifs is 2. The van der Waals surface area contributed by atoms with Gasteiger partial charge in [-0.2, -0.15) is 0 Å². The van der Waals surface area contributed by atoms with Crippen LogP contribution < -0.4 is 19.9 Å². The van der Waals surface area contributed by atoms with Crippen LogP contribution in [0.25, 0.3) is 0 Å². The van der Waals surface area contributed by atoms with Gasteiger partial charge in [0.25, 0.3) is 5.56 Å². The van der Waals surface area contributed by atoms with E-state index in [1.807, 2.05) is 38.1 Å². The molecule has 2 aliphatic heterocycles. The molecule has 1 aromatic heterocycles. The molecular formula is C24H26N4O3. The van der Waals surface area contributed by atoms with E-state index in [2.05, 4.69) is 34.9 Å². The maximum absolute atomic E-state index is 13.3. The SMILES string of the molecule is CCc1c(C)nc2n(c1=O)CN(Cc1ccc3c(c1)OCO3)CN2c1cccc(C)c1. The highest BCUT2D eigenvalue weighted by Gasteiger charge is 2.28. The van der Waals surface area contributed by atoms with Crippen LogP contribution in [0.1, 0.15) is 29.3 Å². The lowest BCUT2D eigenvalue weighted by Crippen LogP contribution is -2.47. The summed E-state index contributed by atoms with van der Waals surface area (Å²) < 4.78 is 12.8. The molecule has 0 N–H and O–H groups in total. The van der Waals surface area contributed by atoms with Gasteiger partial charge in [0, 0.05) is 23.5 Å². The first-order chi connectivity index (χ1) is 15.0. The van der Waals surface area contributed by atoms with Gasteiger partial charge >= 0.3 is 0 Å². The molecule has 160 valence electrons. The number of aryl methyl sites for hydroxylation is 2. The Morgan fingerprint density at radius 1 is 1.03 bits per heavy atom. The standard InChI is InChI=1S/C24H26N4O3/c1-4-20-17(3)25-24-27(19-7-5-6-16(2)10-19)13-26(14-28(24)23(20)29)12-18-8-9-21-22(11-18)31-15-30-21/h5-11H,4,12-15H2,1-3H3. The molecule has 0 bridgehead atoms. The van der Waals surface area contributed by atoms with Crippen LogP contribution in [-0.4, -0.2) is 27.9 Å². The van der Waals surface area contributed by atoms with E-state index in [1.54, 1.807) is 4.57 Å². The minimum atomic E-state index is 0.0399. The van der Waals surface area contributed by atoms with Gasteiger partial charge in [-0.1, -0.05) is 25.1 Å². The van der Waals surface area contributed by atoms with E-state index < -0.39 is 0 Å². The predicted octanol–water partition coefficient (Wildman–Crippen LogP) is 3.72. The zero-order valence-electron chi connectivity index (χ0n) is 18.1. The van der Waals surface area contributed by atoms with Crippen LogP contribution in [0.15, 0.2) is 47.3 Å². The van der Waals surface area contributed by atoms with E-state index in [4.69, 9.17) is 14.5 Å². The molecule has 2 aromatic carbocycles. The van der Waals surface area contributed by atoms with Crippen molar-refractivity contribution in [2.75, 3.05) is 18.4 Å². The minimum absolute atomic E-state index is 0.0399. The first kappa shape index (κ1) is 19.6. The third-order valence-corrected chi connectivity index (χ3v) is 5.88. The van der Waals surface area contributed by atoms with Crippen molar-refractivity contribution in [2.24, 2.45) is 0 Å². The first-order valence-corrected chi connectivity index (χ1v) is 10.6. The normalized spacial score (nSPS) is 15.3. The van der Waals surface area contributed by atoms with Gasteiger partial charge in [0.2, 0.25) is 12.7 Å². The van der Waals surface area contributed by atoms with Crippen molar-refractivity contribution in [3.63, 3.8) is 0 Å². The van der Waals surface area contributed by atoms with Crippen molar-refractivity contribution in [3.8, 4) is 11.5 Å². The summed E-state index contributed by atoms with van der Waals surface area (Å²) >= 11 is 0. The van der Waals surface area contributed by atoms with Crippen molar-refractivity contribution in [3.05, 3.63) is 75.2 Å². The average Bonchev–Trinajstić information content (AvgIpc) is 3.22. The molecule has 7 nitrogen and oxygen atoms in total. The molecule has 0 aliphatic carbocycles. The summed E-state index contributed by atoms with van der Waals surface area (Å²) in [6.45, 7) is 8.07. The fourth-order valence-corrected chi connectivity index (χ4v) is 4.33. The number of nitrogens with zero attached hydrogens (tertiary/aromatic N) is 4. The third kappa shape index (κ3) is 3.55. The molecule has 31 heavy (non-hydrogen) atoms. The summed E-state index contributed by atoms with van der Waals surface area (Å²) in [7, 11) is 0. The smallest absolute Gasteiger partial charge is 0.259 e. The van der Waals surface area contributed by atoms with Gasteiger partial charge in [-0.15, -0.1) is 0 Å². The number of rotatable bonds is 4. The van der Waals surface area contributed by atoms with E-state index in [0.29, 0.717) is 32.3 Å². The Balaban J connectivity index is 1.55. The van der Waals surface area contributed by atoms with Crippen LogP contribution in [0.3, 0.4) is 0 Å². The molecular weight excluding hydrogens is 392 g/mol. The zero-order valence-corrected chi connectivity index (χ0v) is 18.1. The van der Waals surface area contributed by atoms with Gasteiger partial charge < -0.3 is 9.47 Å². The third-order valence-electron chi connectivity index (χ3n) is 5.88. The van der Waals surface area contributed by atoms with Gasteiger partial charge in [0.15, 0.2) is 11.5 Å². The molecule has 7 heteroatoms. The molecule has 3 aromatic rings. The van der Waals surface area contributed by atoms with Crippen molar-refractivity contribution >= 4 is 11.6 Å². The van der Waals surface area contributed by atoms with Crippen LogP contribution in [0.2, 0.25) is 0 Å². The van der Waals surface area contributed by atoms with Crippen LogP contribution in [0.4, 0.5) is 11.6 Å². The topological polar surface area (TPSA) is 59.8 Å². The highest BCUT2D eigenvalue weighted by atomic mass is 16.7. The van der Waals surface area contributed by atoms with Crippen LogP contribution in [0.5, 0.6) is 11.5 Å². The van der Waals surface area contributed by atoms with Crippen molar-refractivity contribution in [1.82, 2.24) is 14.5 Å². The fraction of sp³-hybridized carbons (Fsp3) is 0.333. The van der Waals surface area contributed by atoms with E-state index in [-0.39, 0.29) is 12.4 Å². The monoisotopic (exact) mass is 418 g/mol. The highest BCUT2D eigenvalue weighted by molar-refractivity contribution is 5.59. The molecule has 0 fully saturated rings. The van der Waals surface area contributed by atoms with Crippen LogP contribution in [-0.2, 0) is 19.6 Å². The van der Waals surface area contributed by atoms with Crippen molar-refractivity contribution in [1.29, 1.82) is 0 Å². The number of hydrogen-bond donors (Lipinski definition) is 0. The molecule has 0 saturated carbocycles. The van der Waals surface area contributed by atoms with E-state index in [0.717, 1.165) is 34.0 Å². The maximum Gasteiger partial charge on any atom is 0.259 e. The van der Waals surface area contributed by atoms with Crippen molar-refractivity contribution in [2.45, 2.75) is 40.4 Å². The molecule has 2 aliphatic rings. The second-order valence-corrected chi connectivity index (χ2v) is 8.13. The number of aromatic nitrogens is 2. The largest absolute Gasteiger partial charge is 0.454 e. The van der Waals surface area contributed by atoms with Gasteiger partial charge in [0.1, 0.15) is 0 Å². The van der Waals surface area contributed by atoms with Crippen LogP contribution >= 0.6 is 0 Å². The van der Waals surface area contributed by atoms with Gasteiger partial charge in [-0.25, -0.2) is 4.98 Å². The van der Waals surface area contributed by atoms with E-state index in [9.17, 15) is 4.79 Å². The molecule has 5 rings (SSSR count). The maximum atomic E-state index is 13.3. The number of anilines is 2. The number of ether oxygens (including phenoxy) is 2. The molecule has 0 saturated heterocycles. The Morgan fingerprint density at radius 2 is 1.87 bits per heavy atom. The summed E-state index contributed by atoms with van der Waals surface area (Å²) in [5.41, 5.74) is 4.93. The second-order valence-electron chi connectivity index (χ2n) is 8.13. The summed E-state index contributed by atoms with van der Waals surface area (Å²) in [4.78, 5) is 22.5. The lowest BCUT2D eigenvalue weighted by atomic mass is 10.1. The van der Waals surface area contributed by atoms with Crippen LogP contribution in [0, 0.1) is 13.8 Å². The Morgan fingerprint density at radius 3 is 2.68 bits per heavy atom. The van der Waals surface area contributed by atoms with E-state index >= 15 is 0 Å². The van der Waals surface area contributed by atoms with Gasteiger partial charge in [-0.3, -0.25) is 19.2 Å². The molecule has 0 amide bonds. The highest BCUT2D eigenvalue weighted by Crippen LogP contribution is 2.34. The molecule has 3 heterocycles. The zero-order chi connectivity index (χ0) is 21.5. The number of benzene rings is 2. The number of hydrogen-bond acceptors (Lipinski definition) is 6. The van der Waals surface area contributed by atoms with Crippen molar-refractivity contribution < 1.29 is 9.47 Å². The quantitative estimate of drug-likeness (QED) is 0.644. The summed E-state index contributed by atoms with van der Waals surface area (Å²) in [5.74, 6) is 2.25. The summed E-state index contributed by atoms with van der Waals surface area (Å²) in [6.07, 6.45) is 0.671. The summed E-state index contributed by atoms with van der Waals surface area (Å²) in [6, 6.07) is 14.3. The van der Waals surface area contributed by atoms with Gasteiger partial charge in [-0.05, 0) is 55.7 Å². The molecule has 0 spiro atoms. The average molecular weight is 418 g/mol. The Hall–Kier alpha value is -3.32. The fourth-order valence-electron chi connectivity index (χ4n) is 4.33. The molecule has 0 radical (unpaired) electrons. The van der Waals surface area contributed by atoms with Gasteiger partial charge in [0.05, 0.1) is 13.3 Å². The Bertz CT molecular complexity index is 1200. The van der Waals surface area contributed by atoms with E-state index in [1.165, 1.54) is 5.56 Å².